The lowest BCUT2D eigenvalue weighted by Gasteiger charge is -2.15. The fraction of sp³-hybridized carbons (Fsp3) is 0.250. The molecule has 1 heterocycles. The quantitative estimate of drug-likeness (QED) is 0.790. The molecule has 0 radical (unpaired) electrons. The van der Waals surface area contributed by atoms with E-state index in [1.807, 2.05) is 13.8 Å². The van der Waals surface area contributed by atoms with Gasteiger partial charge in [0.1, 0.15) is 0 Å². The number of aromatic nitrogens is 1. The molecule has 23 heavy (non-hydrogen) atoms. The van der Waals surface area contributed by atoms with Crippen LogP contribution in [0.15, 0.2) is 29.8 Å². The van der Waals surface area contributed by atoms with E-state index in [0.29, 0.717) is 21.7 Å². The SMILES string of the molecule is COc1cc(/C=C/C(=O)Nc2nccs2)cc(Cl)c1OC(C)C. The highest BCUT2D eigenvalue weighted by atomic mass is 35.5. The second kappa shape index (κ2) is 7.99. The molecule has 2 rings (SSSR count). The number of benzene rings is 1. The van der Waals surface area contributed by atoms with Crippen molar-refractivity contribution < 1.29 is 14.3 Å². The molecule has 0 saturated carbocycles. The van der Waals surface area contributed by atoms with Crippen molar-refractivity contribution >= 4 is 40.1 Å². The van der Waals surface area contributed by atoms with Gasteiger partial charge in [0.05, 0.1) is 18.2 Å². The van der Waals surface area contributed by atoms with Gasteiger partial charge in [-0.15, -0.1) is 11.3 Å². The third kappa shape index (κ3) is 4.97. The Balaban J connectivity index is 2.15. The van der Waals surface area contributed by atoms with Crippen LogP contribution in [-0.2, 0) is 4.79 Å². The van der Waals surface area contributed by atoms with Crippen LogP contribution in [0, 0.1) is 0 Å². The van der Waals surface area contributed by atoms with Gasteiger partial charge in [0.25, 0.3) is 0 Å². The Morgan fingerprint density at radius 3 is 2.83 bits per heavy atom. The smallest absolute Gasteiger partial charge is 0.250 e. The highest BCUT2D eigenvalue weighted by Crippen LogP contribution is 2.37. The van der Waals surface area contributed by atoms with Gasteiger partial charge in [0, 0.05) is 17.7 Å². The number of methoxy groups -OCH3 is 1. The number of halogens is 1. The minimum atomic E-state index is -0.266. The Labute approximate surface area is 143 Å². The molecule has 0 unspecified atom stereocenters. The van der Waals surface area contributed by atoms with Crippen molar-refractivity contribution in [1.29, 1.82) is 0 Å². The van der Waals surface area contributed by atoms with Gasteiger partial charge in [0.15, 0.2) is 16.6 Å². The Bertz CT molecular complexity index is 700. The number of amides is 1. The predicted molar refractivity (Wildman–Crippen MR) is 93.5 cm³/mol. The molecule has 0 saturated heterocycles. The number of thiazole rings is 1. The first-order valence-electron chi connectivity index (χ1n) is 6.92. The third-order valence-electron chi connectivity index (χ3n) is 2.69. The van der Waals surface area contributed by atoms with Gasteiger partial charge in [0.2, 0.25) is 5.91 Å². The number of ether oxygens (including phenoxy) is 2. The van der Waals surface area contributed by atoms with Crippen molar-refractivity contribution in [2.24, 2.45) is 0 Å². The third-order valence-corrected chi connectivity index (χ3v) is 3.66. The van der Waals surface area contributed by atoms with Gasteiger partial charge in [-0.25, -0.2) is 4.98 Å². The molecular formula is C16H17ClN2O3S. The van der Waals surface area contributed by atoms with Gasteiger partial charge in [-0.1, -0.05) is 11.6 Å². The van der Waals surface area contributed by atoms with Crippen LogP contribution < -0.4 is 14.8 Å². The summed E-state index contributed by atoms with van der Waals surface area (Å²) in [6.45, 7) is 3.82. The van der Waals surface area contributed by atoms with Crippen molar-refractivity contribution in [3.05, 3.63) is 40.4 Å². The molecule has 0 aliphatic rings. The number of anilines is 1. The number of carbonyl (C=O) groups excluding carboxylic acids is 1. The van der Waals surface area contributed by atoms with E-state index in [-0.39, 0.29) is 12.0 Å². The van der Waals surface area contributed by atoms with E-state index in [2.05, 4.69) is 10.3 Å². The molecule has 0 aliphatic heterocycles. The second-order valence-electron chi connectivity index (χ2n) is 4.86. The zero-order valence-electron chi connectivity index (χ0n) is 13.0. The minimum absolute atomic E-state index is 0.0214. The molecule has 0 spiro atoms. The molecule has 1 N–H and O–H groups in total. The number of nitrogens with zero attached hydrogens (tertiary/aromatic N) is 1. The van der Waals surface area contributed by atoms with Crippen LogP contribution in [0.5, 0.6) is 11.5 Å². The lowest BCUT2D eigenvalue weighted by Crippen LogP contribution is -2.08. The first kappa shape index (κ1) is 17.3. The molecular weight excluding hydrogens is 336 g/mol. The number of hydrogen-bond acceptors (Lipinski definition) is 5. The molecule has 1 aromatic carbocycles. The fourth-order valence-electron chi connectivity index (χ4n) is 1.79. The van der Waals surface area contributed by atoms with Crippen LogP contribution >= 0.6 is 22.9 Å². The Hall–Kier alpha value is -2.05. The number of nitrogens with one attached hydrogen (secondary N) is 1. The highest BCUT2D eigenvalue weighted by Gasteiger charge is 2.12. The summed E-state index contributed by atoms with van der Waals surface area (Å²) in [5.74, 6) is 0.747. The van der Waals surface area contributed by atoms with E-state index in [0.717, 1.165) is 5.56 Å². The summed E-state index contributed by atoms with van der Waals surface area (Å²) < 4.78 is 11.0. The lowest BCUT2D eigenvalue weighted by atomic mass is 10.2. The van der Waals surface area contributed by atoms with E-state index < -0.39 is 0 Å². The second-order valence-corrected chi connectivity index (χ2v) is 6.16. The van der Waals surface area contributed by atoms with Crippen molar-refractivity contribution in [1.82, 2.24) is 4.98 Å². The first-order valence-corrected chi connectivity index (χ1v) is 8.18. The molecule has 2 aromatic rings. The first-order chi connectivity index (χ1) is 11.0. The topological polar surface area (TPSA) is 60.5 Å². The summed E-state index contributed by atoms with van der Waals surface area (Å²) >= 11 is 7.59. The predicted octanol–water partition coefficient (Wildman–Crippen LogP) is 4.24. The maximum absolute atomic E-state index is 11.8. The number of rotatable bonds is 6. The average molecular weight is 353 g/mol. The molecule has 7 heteroatoms. The van der Waals surface area contributed by atoms with Crippen molar-refractivity contribution in [3.8, 4) is 11.5 Å². The summed E-state index contributed by atoms with van der Waals surface area (Å²) in [4.78, 5) is 15.8. The fourth-order valence-corrected chi connectivity index (χ4v) is 2.59. The highest BCUT2D eigenvalue weighted by molar-refractivity contribution is 7.13. The standard InChI is InChI=1S/C16H17ClN2O3S/c1-10(2)22-15-12(17)8-11(9-13(15)21-3)4-5-14(20)19-16-18-6-7-23-16/h4-10H,1-3H3,(H,18,19,20)/b5-4+. The van der Waals surface area contributed by atoms with Crippen LogP contribution in [0.2, 0.25) is 5.02 Å². The van der Waals surface area contributed by atoms with Crippen molar-refractivity contribution in [2.75, 3.05) is 12.4 Å². The molecule has 122 valence electrons. The molecule has 0 aliphatic carbocycles. The molecule has 0 atom stereocenters. The van der Waals surface area contributed by atoms with E-state index in [1.54, 1.807) is 36.9 Å². The molecule has 5 nitrogen and oxygen atoms in total. The van der Waals surface area contributed by atoms with Crippen LogP contribution in [0.4, 0.5) is 5.13 Å². The summed E-state index contributed by atoms with van der Waals surface area (Å²) in [5.41, 5.74) is 0.734. The van der Waals surface area contributed by atoms with E-state index in [1.165, 1.54) is 17.4 Å². The summed E-state index contributed by atoms with van der Waals surface area (Å²) in [6, 6.07) is 3.48. The minimum Gasteiger partial charge on any atom is -0.493 e. The van der Waals surface area contributed by atoms with Crippen molar-refractivity contribution in [2.45, 2.75) is 20.0 Å². The Morgan fingerprint density at radius 1 is 1.43 bits per heavy atom. The maximum Gasteiger partial charge on any atom is 0.250 e. The van der Waals surface area contributed by atoms with Crippen molar-refractivity contribution in [3.63, 3.8) is 0 Å². The van der Waals surface area contributed by atoms with Gasteiger partial charge < -0.3 is 9.47 Å². The number of carbonyl (C=O) groups is 1. The van der Waals surface area contributed by atoms with Gasteiger partial charge in [-0.3, -0.25) is 10.1 Å². The van der Waals surface area contributed by atoms with E-state index in [4.69, 9.17) is 21.1 Å². The summed E-state index contributed by atoms with van der Waals surface area (Å²) in [5, 5.41) is 5.44. The lowest BCUT2D eigenvalue weighted by molar-refractivity contribution is -0.111. The normalized spacial score (nSPS) is 11.0. The Morgan fingerprint density at radius 2 is 2.22 bits per heavy atom. The van der Waals surface area contributed by atoms with Gasteiger partial charge in [-0.05, 0) is 37.6 Å². The maximum atomic E-state index is 11.8. The van der Waals surface area contributed by atoms with Crippen LogP contribution in [0.1, 0.15) is 19.4 Å². The summed E-state index contributed by atoms with van der Waals surface area (Å²) in [6.07, 6.45) is 4.67. The van der Waals surface area contributed by atoms with Crippen LogP contribution in [0.25, 0.3) is 6.08 Å². The number of hydrogen-bond donors (Lipinski definition) is 1. The monoisotopic (exact) mass is 352 g/mol. The zero-order chi connectivity index (χ0) is 16.8. The molecule has 1 amide bonds. The van der Waals surface area contributed by atoms with E-state index >= 15 is 0 Å². The van der Waals surface area contributed by atoms with Gasteiger partial charge >= 0.3 is 0 Å². The van der Waals surface area contributed by atoms with E-state index in [9.17, 15) is 4.79 Å². The van der Waals surface area contributed by atoms with Crippen LogP contribution in [0.3, 0.4) is 0 Å². The van der Waals surface area contributed by atoms with Gasteiger partial charge in [-0.2, -0.15) is 0 Å². The summed E-state index contributed by atoms with van der Waals surface area (Å²) in [7, 11) is 1.54. The largest absolute Gasteiger partial charge is 0.493 e. The zero-order valence-corrected chi connectivity index (χ0v) is 14.6. The molecule has 0 fully saturated rings. The average Bonchev–Trinajstić information content (AvgIpc) is 3.00. The molecule has 1 aromatic heterocycles. The Kier molecular flexibility index (Phi) is 6.01. The van der Waals surface area contributed by atoms with Crippen LogP contribution in [-0.4, -0.2) is 24.1 Å². The molecule has 0 bridgehead atoms.